The zero-order valence-electron chi connectivity index (χ0n) is 7.48. The Balaban J connectivity index is 2.97. The molecule has 15 heavy (non-hydrogen) atoms. The second kappa shape index (κ2) is 3.20. The lowest BCUT2D eigenvalue weighted by Crippen LogP contribution is -2.37. The summed E-state index contributed by atoms with van der Waals surface area (Å²) in [5.41, 5.74) is 0.393. The Bertz CT molecular complexity index is 609. The van der Waals surface area contributed by atoms with Crippen molar-refractivity contribution < 1.29 is 14.7 Å². The fourth-order valence-corrected chi connectivity index (χ4v) is 1.44. The van der Waals surface area contributed by atoms with Crippen molar-refractivity contribution in [1.82, 2.24) is 4.98 Å². The zero-order chi connectivity index (χ0) is 11.2. The molecule has 1 aromatic heterocycles. The summed E-state index contributed by atoms with van der Waals surface area (Å²) in [6, 6.07) is 0. The Morgan fingerprint density at radius 2 is 1.80 bits per heavy atom. The minimum absolute atomic E-state index is 0.0467. The number of halogens is 1. The first-order valence-corrected chi connectivity index (χ1v) is 4.71. The molecule has 0 saturated carbocycles. The van der Waals surface area contributed by atoms with E-state index in [1.54, 1.807) is 6.92 Å². The number of aromatic hydroxyl groups is 1. The molecule has 0 aliphatic carbocycles. The highest BCUT2D eigenvalue weighted by molar-refractivity contribution is 9.10. The maximum absolute atomic E-state index is 10.9. The molecule has 1 aliphatic rings. The van der Waals surface area contributed by atoms with Gasteiger partial charge in [-0.3, -0.25) is 9.59 Å². The minimum Gasteiger partial charge on any atom is -0.505 e. The summed E-state index contributed by atoms with van der Waals surface area (Å²) in [5.74, 6) is -2.18. The average molecular weight is 270 g/mol. The molecule has 0 radical (unpaired) electrons. The maximum Gasteiger partial charge on any atom is 0.339 e. The van der Waals surface area contributed by atoms with Crippen LogP contribution in [0.15, 0.2) is 14.6 Å². The van der Waals surface area contributed by atoms with Crippen molar-refractivity contribution in [2.45, 2.75) is 6.92 Å². The first-order chi connectivity index (χ1) is 7.00. The van der Waals surface area contributed by atoms with Gasteiger partial charge in [-0.25, -0.2) is 4.98 Å². The van der Waals surface area contributed by atoms with Crippen molar-refractivity contribution in [2.24, 2.45) is 9.98 Å². The SMILES string of the molecule is Cc1c(Br)nc2c(c1O)=NC(=O)C(=O)N=2. The van der Waals surface area contributed by atoms with Gasteiger partial charge >= 0.3 is 11.8 Å². The molecule has 0 atom stereocenters. The largest absolute Gasteiger partial charge is 0.505 e. The summed E-state index contributed by atoms with van der Waals surface area (Å²) < 4.78 is 0.361. The monoisotopic (exact) mass is 269 g/mol. The van der Waals surface area contributed by atoms with Crippen LogP contribution in [0.1, 0.15) is 5.56 Å². The van der Waals surface area contributed by atoms with E-state index in [1.807, 2.05) is 0 Å². The van der Waals surface area contributed by atoms with Crippen LogP contribution in [0.25, 0.3) is 0 Å². The molecule has 1 aliphatic heterocycles. The van der Waals surface area contributed by atoms with E-state index in [1.165, 1.54) is 0 Å². The molecular weight excluding hydrogens is 266 g/mol. The Hall–Kier alpha value is -1.63. The van der Waals surface area contributed by atoms with E-state index in [9.17, 15) is 14.7 Å². The Morgan fingerprint density at radius 1 is 1.20 bits per heavy atom. The summed E-state index contributed by atoms with van der Waals surface area (Å²) in [6.45, 7) is 1.60. The lowest BCUT2D eigenvalue weighted by atomic mass is 10.2. The molecular formula is C8H4BrN3O3. The van der Waals surface area contributed by atoms with Crippen molar-refractivity contribution in [3.8, 4) is 5.75 Å². The number of rotatable bonds is 0. The van der Waals surface area contributed by atoms with Gasteiger partial charge in [0.15, 0.2) is 16.6 Å². The van der Waals surface area contributed by atoms with Crippen molar-refractivity contribution in [2.75, 3.05) is 0 Å². The molecule has 6 nitrogen and oxygen atoms in total. The third kappa shape index (κ3) is 1.44. The molecule has 0 bridgehead atoms. The summed E-state index contributed by atoms with van der Waals surface area (Å²) >= 11 is 3.09. The number of aromatic nitrogens is 1. The van der Waals surface area contributed by atoms with Gasteiger partial charge in [0.1, 0.15) is 4.60 Å². The van der Waals surface area contributed by atoms with Gasteiger partial charge in [0.2, 0.25) is 0 Å². The van der Waals surface area contributed by atoms with E-state index in [2.05, 4.69) is 30.9 Å². The van der Waals surface area contributed by atoms with E-state index in [0.29, 0.717) is 10.2 Å². The van der Waals surface area contributed by atoms with Crippen LogP contribution in [0.3, 0.4) is 0 Å². The standard InChI is InChI=1S/C8H4BrN3O3/c1-2-4(13)3-6(11-5(2)9)12-8(15)7(14)10-3/h13H,1H3. The molecule has 0 aromatic carbocycles. The van der Waals surface area contributed by atoms with Crippen LogP contribution in [0, 0.1) is 6.92 Å². The third-order valence-corrected chi connectivity index (χ3v) is 2.68. The lowest BCUT2D eigenvalue weighted by Gasteiger charge is -2.03. The summed E-state index contributed by atoms with van der Waals surface area (Å²) in [6.07, 6.45) is 0. The Morgan fingerprint density at radius 3 is 2.47 bits per heavy atom. The predicted molar refractivity (Wildman–Crippen MR) is 50.7 cm³/mol. The second-order valence-electron chi connectivity index (χ2n) is 2.88. The summed E-state index contributed by atoms with van der Waals surface area (Å²) in [4.78, 5) is 32.6. The van der Waals surface area contributed by atoms with Crippen LogP contribution in [0.2, 0.25) is 0 Å². The molecule has 2 amide bonds. The highest BCUT2D eigenvalue weighted by Gasteiger charge is 2.19. The van der Waals surface area contributed by atoms with Gasteiger partial charge in [0, 0.05) is 5.56 Å². The number of amides is 2. The third-order valence-electron chi connectivity index (χ3n) is 1.91. The fraction of sp³-hybridized carbons (Fsp3) is 0.125. The molecule has 0 fully saturated rings. The van der Waals surface area contributed by atoms with Crippen molar-refractivity contribution in [3.63, 3.8) is 0 Å². The first-order valence-electron chi connectivity index (χ1n) is 3.91. The van der Waals surface area contributed by atoms with Gasteiger partial charge in [0.05, 0.1) is 0 Å². The van der Waals surface area contributed by atoms with Crippen LogP contribution < -0.4 is 10.8 Å². The smallest absolute Gasteiger partial charge is 0.339 e. The molecule has 1 N–H and O–H groups in total. The van der Waals surface area contributed by atoms with Gasteiger partial charge < -0.3 is 5.11 Å². The number of nitrogens with zero attached hydrogens (tertiary/aromatic N) is 3. The van der Waals surface area contributed by atoms with Crippen molar-refractivity contribution >= 4 is 27.7 Å². The summed E-state index contributed by atoms with van der Waals surface area (Å²) in [5, 5.41) is 9.59. The zero-order valence-corrected chi connectivity index (χ0v) is 9.07. The van der Waals surface area contributed by atoms with Gasteiger partial charge in [-0.1, -0.05) is 0 Å². The van der Waals surface area contributed by atoms with E-state index in [0.717, 1.165) is 0 Å². The predicted octanol–water partition coefficient (Wildman–Crippen LogP) is -0.836. The number of hydrogen-bond acceptors (Lipinski definition) is 4. The van der Waals surface area contributed by atoms with Crippen LogP contribution in [0.4, 0.5) is 0 Å². The van der Waals surface area contributed by atoms with Gasteiger partial charge in [-0.15, -0.1) is 0 Å². The highest BCUT2D eigenvalue weighted by atomic mass is 79.9. The lowest BCUT2D eigenvalue weighted by molar-refractivity contribution is -0.135. The maximum atomic E-state index is 10.9. The number of fused-ring (bicyclic) bond motifs is 1. The molecule has 7 heteroatoms. The van der Waals surface area contributed by atoms with Crippen LogP contribution in [-0.2, 0) is 9.59 Å². The fourth-order valence-electron chi connectivity index (χ4n) is 1.09. The number of pyridine rings is 1. The first kappa shape index (κ1) is 9.91. The molecule has 0 saturated heterocycles. The van der Waals surface area contributed by atoms with E-state index < -0.39 is 11.8 Å². The van der Waals surface area contributed by atoms with Crippen molar-refractivity contribution in [1.29, 1.82) is 0 Å². The molecule has 2 heterocycles. The Kier molecular flexibility index (Phi) is 2.11. The number of carbonyl (C=O) groups is 2. The molecule has 1 aromatic rings. The second-order valence-corrected chi connectivity index (χ2v) is 3.63. The minimum atomic E-state index is -0.999. The molecule has 0 spiro atoms. The van der Waals surface area contributed by atoms with Gasteiger partial charge in [-0.05, 0) is 22.9 Å². The van der Waals surface area contributed by atoms with Crippen LogP contribution >= 0.6 is 15.9 Å². The Labute approximate surface area is 91.5 Å². The topological polar surface area (TPSA) is 92.0 Å². The van der Waals surface area contributed by atoms with E-state index in [4.69, 9.17) is 0 Å². The number of carbonyl (C=O) groups excluding carboxylic acids is 2. The molecule has 76 valence electrons. The normalized spacial score (nSPS) is 14.3. The quantitative estimate of drug-likeness (QED) is 0.491. The van der Waals surface area contributed by atoms with Crippen LogP contribution in [-0.4, -0.2) is 21.9 Å². The van der Waals surface area contributed by atoms with Gasteiger partial charge in [0.25, 0.3) is 0 Å². The van der Waals surface area contributed by atoms with Crippen LogP contribution in [0.5, 0.6) is 5.75 Å². The average Bonchev–Trinajstić information content (AvgIpc) is 2.19. The number of hydrogen-bond donors (Lipinski definition) is 1. The van der Waals surface area contributed by atoms with Gasteiger partial charge in [-0.2, -0.15) is 9.98 Å². The summed E-state index contributed by atoms with van der Waals surface area (Å²) in [7, 11) is 0. The van der Waals surface area contributed by atoms with E-state index in [-0.39, 0.29) is 16.6 Å². The van der Waals surface area contributed by atoms with E-state index >= 15 is 0 Å². The molecule has 0 unspecified atom stereocenters. The van der Waals surface area contributed by atoms with Crippen molar-refractivity contribution in [3.05, 3.63) is 21.0 Å². The highest BCUT2D eigenvalue weighted by Crippen LogP contribution is 2.16. The molecule has 2 rings (SSSR count).